The molecule has 1 aromatic heterocycles. The van der Waals surface area contributed by atoms with Crippen LogP contribution in [0.2, 0.25) is 5.02 Å². The van der Waals surface area contributed by atoms with Crippen molar-refractivity contribution in [3.8, 4) is 0 Å². The van der Waals surface area contributed by atoms with Gasteiger partial charge in [0.25, 0.3) is 5.91 Å². The molecule has 4 rings (SSSR count). The molecule has 2 fully saturated rings. The maximum atomic E-state index is 12.4. The summed E-state index contributed by atoms with van der Waals surface area (Å²) in [6, 6.07) is 9.90. The van der Waals surface area contributed by atoms with E-state index in [4.69, 9.17) is 16.3 Å². The Bertz CT molecular complexity index is 873. The number of rotatable bonds is 5. The molecule has 156 valence electrons. The standard InChI is InChI=1S/C22H29ClN4O2/c1-16-12-20(26(2)25-16)21(28)24-14-19-6-7-22(29-19)8-10-27(11-9-22)15-17-4-3-5-18(23)13-17/h3-5,12-13,19H,6-11,14-15H2,1-2H3,(H,24,28)/t19-/m0/s1. The minimum Gasteiger partial charge on any atom is -0.370 e. The molecule has 2 saturated heterocycles. The molecule has 0 radical (unpaired) electrons. The van der Waals surface area contributed by atoms with Crippen LogP contribution in [0.3, 0.4) is 0 Å². The molecule has 2 aromatic rings. The van der Waals surface area contributed by atoms with E-state index in [0.717, 1.165) is 56.0 Å². The van der Waals surface area contributed by atoms with Gasteiger partial charge in [0.05, 0.1) is 17.4 Å². The van der Waals surface area contributed by atoms with Gasteiger partial charge < -0.3 is 10.1 Å². The molecule has 1 amide bonds. The Labute approximate surface area is 177 Å². The highest BCUT2D eigenvalue weighted by atomic mass is 35.5. The van der Waals surface area contributed by atoms with Gasteiger partial charge in [0.1, 0.15) is 5.69 Å². The van der Waals surface area contributed by atoms with Crippen molar-refractivity contribution in [3.05, 3.63) is 52.3 Å². The first-order chi connectivity index (χ1) is 13.9. The summed E-state index contributed by atoms with van der Waals surface area (Å²) in [4.78, 5) is 14.9. The van der Waals surface area contributed by atoms with Gasteiger partial charge in [-0.1, -0.05) is 23.7 Å². The van der Waals surface area contributed by atoms with Crippen molar-refractivity contribution >= 4 is 17.5 Å². The van der Waals surface area contributed by atoms with Crippen LogP contribution in [0.15, 0.2) is 30.3 Å². The summed E-state index contributed by atoms with van der Waals surface area (Å²) in [5, 5.41) is 8.04. The van der Waals surface area contributed by atoms with Crippen molar-refractivity contribution in [1.29, 1.82) is 0 Å². The van der Waals surface area contributed by atoms with Crippen LogP contribution in [-0.4, -0.2) is 51.9 Å². The van der Waals surface area contributed by atoms with Crippen molar-refractivity contribution in [2.45, 2.75) is 50.9 Å². The normalized spacial score (nSPS) is 21.6. The maximum absolute atomic E-state index is 12.4. The molecule has 0 bridgehead atoms. The molecule has 3 heterocycles. The summed E-state index contributed by atoms with van der Waals surface area (Å²) >= 11 is 6.10. The van der Waals surface area contributed by atoms with Gasteiger partial charge in [-0.2, -0.15) is 5.10 Å². The number of benzene rings is 1. The number of hydrogen-bond acceptors (Lipinski definition) is 4. The second-order valence-corrected chi connectivity index (χ2v) is 8.81. The second-order valence-electron chi connectivity index (χ2n) is 8.37. The highest BCUT2D eigenvalue weighted by Gasteiger charge is 2.42. The average Bonchev–Trinajstić information content (AvgIpc) is 3.25. The van der Waals surface area contributed by atoms with Gasteiger partial charge in [0.15, 0.2) is 0 Å². The molecule has 0 aliphatic carbocycles. The first-order valence-electron chi connectivity index (χ1n) is 10.4. The highest BCUT2D eigenvalue weighted by molar-refractivity contribution is 6.30. The predicted octanol–water partition coefficient (Wildman–Crippen LogP) is 3.33. The van der Waals surface area contributed by atoms with Gasteiger partial charge >= 0.3 is 0 Å². The lowest BCUT2D eigenvalue weighted by Crippen LogP contribution is -2.44. The van der Waals surface area contributed by atoms with Gasteiger partial charge in [0.2, 0.25) is 0 Å². The fraction of sp³-hybridized carbons (Fsp3) is 0.545. The van der Waals surface area contributed by atoms with Gasteiger partial charge in [0, 0.05) is 38.2 Å². The summed E-state index contributed by atoms with van der Waals surface area (Å²) < 4.78 is 8.07. The topological polar surface area (TPSA) is 59.4 Å². The smallest absolute Gasteiger partial charge is 0.269 e. The minimum atomic E-state index is -0.0889. The van der Waals surface area contributed by atoms with E-state index in [2.05, 4.69) is 21.4 Å². The number of halogens is 1. The fourth-order valence-corrected chi connectivity index (χ4v) is 4.75. The molecule has 1 atom stereocenters. The molecule has 29 heavy (non-hydrogen) atoms. The molecule has 7 heteroatoms. The zero-order valence-corrected chi connectivity index (χ0v) is 17.9. The molecule has 1 N–H and O–H groups in total. The Morgan fingerprint density at radius 3 is 2.79 bits per heavy atom. The Kier molecular flexibility index (Phi) is 5.95. The van der Waals surface area contributed by atoms with E-state index in [-0.39, 0.29) is 17.6 Å². The van der Waals surface area contributed by atoms with E-state index in [1.165, 1.54) is 5.56 Å². The number of carbonyl (C=O) groups is 1. The third-order valence-electron chi connectivity index (χ3n) is 6.13. The van der Waals surface area contributed by atoms with Crippen LogP contribution in [0, 0.1) is 6.92 Å². The van der Waals surface area contributed by atoms with Crippen molar-refractivity contribution in [2.24, 2.45) is 7.05 Å². The molecule has 6 nitrogen and oxygen atoms in total. The van der Waals surface area contributed by atoms with Crippen molar-refractivity contribution in [2.75, 3.05) is 19.6 Å². The predicted molar refractivity (Wildman–Crippen MR) is 113 cm³/mol. The monoisotopic (exact) mass is 416 g/mol. The van der Waals surface area contributed by atoms with Crippen LogP contribution < -0.4 is 5.32 Å². The second kappa shape index (κ2) is 8.46. The summed E-state index contributed by atoms with van der Waals surface area (Å²) in [7, 11) is 1.79. The van der Waals surface area contributed by atoms with Crippen LogP contribution in [0.5, 0.6) is 0 Å². The summed E-state index contributed by atoms with van der Waals surface area (Å²) in [6.07, 6.45) is 4.24. The third kappa shape index (κ3) is 4.82. The Morgan fingerprint density at radius 2 is 2.10 bits per heavy atom. The number of nitrogens with one attached hydrogen (secondary N) is 1. The molecule has 0 unspecified atom stereocenters. The van der Waals surface area contributed by atoms with E-state index >= 15 is 0 Å². The first-order valence-corrected chi connectivity index (χ1v) is 10.7. The van der Waals surface area contributed by atoms with Gasteiger partial charge in [-0.25, -0.2) is 0 Å². The Balaban J connectivity index is 1.24. The van der Waals surface area contributed by atoms with E-state index in [0.29, 0.717) is 12.2 Å². The maximum Gasteiger partial charge on any atom is 0.269 e. The van der Waals surface area contributed by atoms with Crippen LogP contribution in [0.25, 0.3) is 0 Å². The number of piperidine rings is 1. The number of hydrogen-bond donors (Lipinski definition) is 1. The Hall–Kier alpha value is -1.89. The van der Waals surface area contributed by atoms with E-state index in [1.54, 1.807) is 11.7 Å². The summed E-state index contributed by atoms with van der Waals surface area (Å²) in [5.74, 6) is -0.0889. The Morgan fingerprint density at radius 1 is 1.31 bits per heavy atom. The highest BCUT2D eigenvalue weighted by Crippen LogP contribution is 2.39. The number of aryl methyl sites for hydroxylation is 2. The number of likely N-dealkylation sites (tertiary alicyclic amines) is 1. The largest absolute Gasteiger partial charge is 0.370 e. The van der Waals surface area contributed by atoms with E-state index < -0.39 is 0 Å². The number of ether oxygens (including phenoxy) is 1. The van der Waals surface area contributed by atoms with Crippen molar-refractivity contribution < 1.29 is 9.53 Å². The summed E-state index contributed by atoms with van der Waals surface area (Å²) in [6.45, 7) is 5.43. The van der Waals surface area contributed by atoms with Crippen LogP contribution in [0.4, 0.5) is 0 Å². The molecular weight excluding hydrogens is 388 g/mol. The first kappa shape index (κ1) is 20.4. The zero-order chi connectivity index (χ0) is 20.4. The SMILES string of the molecule is Cc1cc(C(=O)NC[C@@H]2CCC3(CCN(Cc4cccc(Cl)c4)CC3)O2)n(C)n1. The molecule has 1 aromatic carbocycles. The van der Waals surface area contributed by atoms with Crippen LogP contribution >= 0.6 is 11.6 Å². The lowest BCUT2D eigenvalue weighted by atomic mass is 9.88. The zero-order valence-electron chi connectivity index (χ0n) is 17.2. The average molecular weight is 417 g/mol. The lowest BCUT2D eigenvalue weighted by molar-refractivity contribution is -0.0764. The van der Waals surface area contributed by atoms with Crippen molar-refractivity contribution in [1.82, 2.24) is 20.0 Å². The quantitative estimate of drug-likeness (QED) is 0.812. The van der Waals surface area contributed by atoms with Crippen LogP contribution in [-0.2, 0) is 18.3 Å². The minimum absolute atomic E-state index is 0.0245. The number of amides is 1. The molecule has 2 aliphatic rings. The van der Waals surface area contributed by atoms with E-state index in [9.17, 15) is 4.79 Å². The molecule has 1 spiro atoms. The van der Waals surface area contributed by atoms with Crippen molar-refractivity contribution in [3.63, 3.8) is 0 Å². The van der Waals surface area contributed by atoms with E-state index in [1.807, 2.05) is 31.2 Å². The number of nitrogens with zero attached hydrogens (tertiary/aromatic N) is 3. The lowest BCUT2D eigenvalue weighted by Gasteiger charge is -2.39. The van der Waals surface area contributed by atoms with Gasteiger partial charge in [-0.3, -0.25) is 14.4 Å². The molecular formula is C22H29ClN4O2. The molecule has 0 saturated carbocycles. The number of carbonyl (C=O) groups excluding carboxylic acids is 1. The van der Waals surface area contributed by atoms with Gasteiger partial charge in [-0.05, 0) is 56.4 Å². The third-order valence-corrected chi connectivity index (χ3v) is 6.36. The number of aromatic nitrogens is 2. The summed E-state index contributed by atoms with van der Waals surface area (Å²) in [5.41, 5.74) is 2.66. The van der Waals surface area contributed by atoms with Crippen LogP contribution in [0.1, 0.15) is 47.4 Å². The fourth-order valence-electron chi connectivity index (χ4n) is 4.54. The van der Waals surface area contributed by atoms with Gasteiger partial charge in [-0.15, -0.1) is 0 Å². The molecule has 2 aliphatic heterocycles.